The highest BCUT2D eigenvalue weighted by Crippen LogP contribution is 2.65. The molecule has 0 radical (unpaired) electrons. The fraction of sp³-hybridized carbons (Fsp3) is 0.735. The van der Waals surface area contributed by atoms with Crippen LogP contribution in [0.5, 0.6) is 0 Å². The highest BCUT2D eigenvalue weighted by molar-refractivity contribution is 6.47. The van der Waals surface area contributed by atoms with E-state index in [1.807, 2.05) is 20.8 Å². The summed E-state index contributed by atoms with van der Waals surface area (Å²) in [7, 11) is -0.565. The lowest BCUT2D eigenvalue weighted by atomic mass is 9.43. The molecular formula is C34H50BN3O5. The Morgan fingerprint density at radius 2 is 1.88 bits per heavy atom. The number of benzene rings is 1. The standard InChI is InChI=1S/C34H50BN3O5/c1-22-9-11-23(12-10-22)15-28(35-42-27-17-25-16-26(32(25,5)6)34(27,8)43-35)37-30(40)41-19-24-13-14-38(18-24)29(39)33(7,21-36)20-31(2,3)4/h9-12,24-28H,13-20H2,1-8H3,(H,37,40)/t24-,25-,26-,27+,28-,33?,34-/m0/s1. The van der Waals surface area contributed by atoms with Gasteiger partial charge in [-0.1, -0.05) is 64.4 Å². The molecule has 1 aromatic carbocycles. The molecule has 43 heavy (non-hydrogen) atoms. The van der Waals surface area contributed by atoms with Crippen LogP contribution in [-0.4, -0.2) is 61.4 Å². The summed E-state index contributed by atoms with van der Waals surface area (Å²) in [5, 5.41) is 12.9. The van der Waals surface area contributed by atoms with Crippen molar-refractivity contribution < 1.29 is 23.6 Å². The number of amides is 2. The maximum absolute atomic E-state index is 13.3. The highest BCUT2D eigenvalue weighted by Gasteiger charge is 2.68. The van der Waals surface area contributed by atoms with Gasteiger partial charge in [0.2, 0.25) is 5.91 Å². The van der Waals surface area contributed by atoms with Gasteiger partial charge in [-0.15, -0.1) is 0 Å². The molecule has 234 valence electrons. The third kappa shape index (κ3) is 6.33. The summed E-state index contributed by atoms with van der Waals surface area (Å²) < 4.78 is 19.0. The van der Waals surface area contributed by atoms with E-state index in [0.29, 0.717) is 37.8 Å². The molecular weight excluding hydrogens is 541 g/mol. The molecule has 1 aromatic rings. The fourth-order valence-corrected chi connectivity index (χ4v) is 8.38. The third-order valence-electron chi connectivity index (χ3n) is 10.8. The van der Waals surface area contributed by atoms with Gasteiger partial charge in [0.15, 0.2) is 0 Å². The first kappa shape index (κ1) is 31.8. The highest BCUT2D eigenvalue weighted by atomic mass is 16.7. The molecule has 2 saturated heterocycles. The summed E-state index contributed by atoms with van der Waals surface area (Å²) in [5.74, 6) is 0.552. The number of alkyl carbamates (subject to hydrolysis) is 1. The second-order valence-corrected chi connectivity index (χ2v) is 16.0. The van der Waals surface area contributed by atoms with Gasteiger partial charge in [0.1, 0.15) is 5.41 Å². The van der Waals surface area contributed by atoms with E-state index in [0.717, 1.165) is 18.4 Å². The summed E-state index contributed by atoms with van der Waals surface area (Å²) in [5.41, 5.74) is 0.918. The number of carbonyl (C=O) groups is 2. The quantitative estimate of drug-likeness (QED) is 0.389. The van der Waals surface area contributed by atoms with Crippen molar-refractivity contribution in [2.45, 2.75) is 105 Å². The zero-order valence-corrected chi connectivity index (χ0v) is 27.4. The number of aryl methyl sites for hydroxylation is 1. The molecule has 5 aliphatic rings. The molecule has 2 heterocycles. The molecule has 9 heteroatoms. The van der Waals surface area contributed by atoms with Gasteiger partial charge in [-0.3, -0.25) is 4.79 Å². The Bertz CT molecular complexity index is 1260. The van der Waals surface area contributed by atoms with Crippen molar-refractivity contribution in [3.05, 3.63) is 35.4 Å². The third-order valence-corrected chi connectivity index (χ3v) is 10.8. The average molecular weight is 592 g/mol. The molecule has 2 aliphatic heterocycles. The van der Waals surface area contributed by atoms with Crippen LogP contribution in [0.2, 0.25) is 0 Å². The molecule has 0 spiro atoms. The Balaban J connectivity index is 1.20. The van der Waals surface area contributed by atoms with E-state index < -0.39 is 24.6 Å². The summed E-state index contributed by atoms with van der Waals surface area (Å²) in [6.45, 7) is 18.0. The Labute approximate surface area is 258 Å². The van der Waals surface area contributed by atoms with Crippen molar-refractivity contribution in [2.75, 3.05) is 19.7 Å². The van der Waals surface area contributed by atoms with Crippen molar-refractivity contribution in [1.82, 2.24) is 10.2 Å². The van der Waals surface area contributed by atoms with Crippen LogP contribution in [0.1, 0.15) is 85.3 Å². The molecule has 3 aliphatic carbocycles. The van der Waals surface area contributed by atoms with Gasteiger partial charge in [0, 0.05) is 19.0 Å². The number of likely N-dealkylation sites (tertiary alicyclic amines) is 1. The Morgan fingerprint density at radius 3 is 2.51 bits per heavy atom. The first-order valence-corrected chi connectivity index (χ1v) is 16.1. The zero-order valence-electron chi connectivity index (χ0n) is 27.4. The van der Waals surface area contributed by atoms with Crippen molar-refractivity contribution in [3.8, 4) is 6.07 Å². The van der Waals surface area contributed by atoms with E-state index in [9.17, 15) is 14.9 Å². The molecule has 5 fully saturated rings. The number of hydrogen-bond acceptors (Lipinski definition) is 6. The lowest BCUT2D eigenvalue weighted by Gasteiger charge is -2.64. The topological polar surface area (TPSA) is 101 Å². The van der Waals surface area contributed by atoms with Crippen LogP contribution in [0.3, 0.4) is 0 Å². The molecule has 1 N–H and O–H groups in total. The molecule has 7 atom stereocenters. The Morgan fingerprint density at radius 1 is 1.19 bits per heavy atom. The van der Waals surface area contributed by atoms with Crippen LogP contribution < -0.4 is 5.32 Å². The lowest BCUT2D eigenvalue weighted by molar-refractivity contribution is -0.199. The summed E-state index contributed by atoms with van der Waals surface area (Å²) >= 11 is 0. The normalized spacial score (nSPS) is 31.3. The smallest absolute Gasteiger partial charge is 0.449 e. The van der Waals surface area contributed by atoms with Crippen molar-refractivity contribution in [3.63, 3.8) is 0 Å². The van der Waals surface area contributed by atoms with Crippen molar-refractivity contribution >= 4 is 19.1 Å². The number of nitriles is 1. The zero-order chi connectivity index (χ0) is 31.4. The van der Waals surface area contributed by atoms with Crippen LogP contribution >= 0.6 is 0 Å². The molecule has 3 saturated carbocycles. The monoisotopic (exact) mass is 591 g/mol. The molecule has 0 aromatic heterocycles. The second-order valence-electron chi connectivity index (χ2n) is 16.0. The minimum absolute atomic E-state index is 0.0204. The molecule has 2 amide bonds. The second kappa shape index (κ2) is 11.4. The van der Waals surface area contributed by atoms with E-state index in [2.05, 4.69) is 63.3 Å². The number of nitrogens with one attached hydrogen (secondary N) is 1. The average Bonchev–Trinajstić information content (AvgIpc) is 3.55. The number of ether oxygens (including phenoxy) is 1. The van der Waals surface area contributed by atoms with Crippen LogP contribution in [0, 0.1) is 52.3 Å². The number of rotatable bonds is 8. The Kier molecular flexibility index (Phi) is 8.45. The molecule has 1 unspecified atom stereocenters. The maximum Gasteiger partial charge on any atom is 0.482 e. The van der Waals surface area contributed by atoms with E-state index in [4.69, 9.17) is 14.0 Å². The molecule has 2 bridgehead atoms. The van der Waals surface area contributed by atoms with E-state index in [1.54, 1.807) is 11.8 Å². The SMILES string of the molecule is Cc1ccc(C[C@H](NC(=O)OC[C@H]2CCN(C(=O)C(C)(C#N)CC(C)(C)C)C2)B2O[C@@H]3C[C@@H]4C[C@@H](C4(C)C)[C@]3(C)O2)cc1. The van der Waals surface area contributed by atoms with Gasteiger partial charge in [-0.2, -0.15) is 5.26 Å². The summed E-state index contributed by atoms with van der Waals surface area (Å²) in [6.07, 6.45) is 3.44. The van der Waals surface area contributed by atoms with Gasteiger partial charge >= 0.3 is 13.2 Å². The maximum atomic E-state index is 13.3. The minimum atomic E-state index is -1.07. The minimum Gasteiger partial charge on any atom is -0.449 e. The number of hydrogen-bond donors (Lipinski definition) is 1. The first-order valence-electron chi connectivity index (χ1n) is 16.1. The van der Waals surface area contributed by atoms with Crippen LogP contribution in [0.15, 0.2) is 24.3 Å². The van der Waals surface area contributed by atoms with Gasteiger partial charge in [-0.25, -0.2) is 4.79 Å². The number of carbonyl (C=O) groups excluding carboxylic acids is 2. The van der Waals surface area contributed by atoms with E-state index in [1.165, 1.54) is 12.0 Å². The predicted molar refractivity (Wildman–Crippen MR) is 166 cm³/mol. The van der Waals surface area contributed by atoms with E-state index >= 15 is 0 Å². The summed E-state index contributed by atoms with van der Waals surface area (Å²) in [6, 6.07) is 10.6. The number of nitrogens with zero attached hydrogens (tertiary/aromatic N) is 2. The van der Waals surface area contributed by atoms with Gasteiger partial charge < -0.3 is 24.3 Å². The van der Waals surface area contributed by atoms with Gasteiger partial charge in [-0.05, 0) is 81.1 Å². The van der Waals surface area contributed by atoms with Gasteiger partial charge in [0.25, 0.3) is 0 Å². The molecule has 6 rings (SSSR count). The largest absolute Gasteiger partial charge is 0.482 e. The molecule has 8 nitrogen and oxygen atoms in total. The van der Waals surface area contributed by atoms with Gasteiger partial charge in [0.05, 0.1) is 30.3 Å². The summed E-state index contributed by atoms with van der Waals surface area (Å²) in [4.78, 5) is 28.3. The predicted octanol–water partition coefficient (Wildman–Crippen LogP) is 5.71. The van der Waals surface area contributed by atoms with Crippen molar-refractivity contribution in [1.29, 1.82) is 5.26 Å². The van der Waals surface area contributed by atoms with E-state index in [-0.39, 0.29) is 41.0 Å². The van der Waals surface area contributed by atoms with Crippen LogP contribution in [-0.2, 0) is 25.3 Å². The van der Waals surface area contributed by atoms with Crippen molar-refractivity contribution in [2.24, 2.45) is 34.0 Å². The van der Waals surface area contributed by atoms with Crippen LogP contribution in [0.4, 0.5) is 4.79 Å². The van der Waals surface area contributed by atoms with Crippen LogP contribution in [0.25, 0.3) is 0 Å². The lowest BCUT2D eigenvalue weighted by Crippen LogP contribution is -2.65. The fourth-order valence-electron chi connectivity index (χ4n) is 8.38. The first-order chi connectivity index (χ1) is 20.0. The Hall–Kier alpha value is -2.57.